The van der Waals surface area contributed by atoms with Crippen LogP contribution in [0.2, 0.25) is 0 Å². The van der Waals surface area contributed by atoms with Crippen molar-refractivity contribution in [2.24, 2.45) is 0 Å². The highest BCUT2D eigenvalue weighted by Gasteiger charge is 2.24. The Bertz CT molecular complexity index is 633. The van der Waals surface area contributed by atoms with Gasteiger partial charge in [0, 0.05) is 23.5 Å². The van der Waals surface area contributed by atoms with Gasteiger partial charge in [0.2, 0.25) is 0 Å². The Morgan fingerprint density at radius 3 is 2.58 bits per heavy atom. The molecule has 0 bridgehead atoms. The molecule has 1 atom stereocenters. The molecule has 4 nitrogen and oxygen atoms in total. The Labute approximate surface area is 148 Å². The van der Waals surface area contributed by atoms with E-state index in [0.717, 1.165) is 37.4 Å². The fraction of sp³-hybridized carbons (Fsp3) is 0.526. The van der Waals surface area contributed by atoms with E-state index in [1.165, 1.54) is 10.6 Å². The normalized spacial score (nSPS) is 17.8. The van der Waals surface area contributed by atoms with Crippen LogP contribution in [-0.2, 0) is 0 Å². The molecule has 5 heteroatoms. The van der Waals surface area contributed by atoms with Crippen LogP contribution < -0.4 is 4.74 Å². The Balaban J connectivity index is 1.39. The third-order valence-electron chi connectivity index (χ3n) is 4.51. The van der Waals surface area contributed by atoms with Crippen molar-refractivity contribution in [2.45, 2.75) is 38.7 Å². The van der Waals surface area contributed by atoms with Crippen LogP contribution in [0.15, 0.2) is 29.6 Å². The van der Waals surface area contributed by atoms with Crippen molar-refractivity contribution in [3.8, 4) is 5.75 Å². The molecule has 2 heterocycles. The van der Waals surface area contributed by atoms with Crippen LogP contribution in [0.25, 0.3) is 0 Å². The van der Waals surface area contributed by atoms with Gasteiger partial charge >= 0.3 is 0 Å². The summed E-state index contributed by atoms with van der Waals surface area (Å²) < 4.78 is 5.67. The highest BCUT2D eigenvalue weighted by atomic mass is 32.1. The van der Waals surface area contributed by atoms with Crippen molar-refractivity contribution < 1.29 is 9.84 Å². The minimum Gasteiger partial charge on any atom is -0.491 e. The number of piperidine rings is 1. The number of hydrogen-bond acceptors (Lipinski definition) is 5. The minimum absolute atomic E-state index is 0.342. The van der Waals surface area contributed by atoms with Crippen LogP contribution in [0.5, 0.6) is 5.75 Å². The summed E-state index contributed by atoms with van der Waals surface area (Å²) in [4.78, 5) is 6.95. The monoisotopic (exact) mass is 346 g/mol. The van der Waals surface area contributed by atoms with E-state index in [9.17, 15) is 5.11 Å². The second-order valence-electron chi connectivity index (χ2n) is 6.68. The number of likely N-dealkylation sites (tertiary alicyclic amines) is 1. The molecule has 130 valence electrons. The number of rotatable bonds is 6. The SMILES string of the molecule is Cc1ccc(OCC(O)CN2CCC(c3nc(C)cs3)CC2)cc1. The lowest BCUT2D eigenvalue weighted by molar-refractivity contribution is 0.0594. The summed E-state index contributed by atoms with van der Waals surface area (Å²) in [5, 5.41) is 13.6. The number of hydrogen-bond donors (Lipinski definition) is 1. The van der Waals surface area contributed by atoms with Crippen molar-refractivity contribution in [3.05, 3.63) is 45.9 Å². The Kier molecular flexibility index (Phi) is 5.87. The Hall–Kier alpha value is -1.43. The van der Waals surface area contributed by atoms with Crippen LogP contribution in [-0.4, -0.2) is 47.3 Å². The van der Waals surface area contributed by atoms with Gasteiger partial charge in [-0.1, -0.05) is 17.7 Å². The van der Waals surface area contributed by atoms with E-state index >= 15 is 0 Å². The molecule has 1 aromatic heterocycles. The van der Waals surface area contributed by atoms with E-state index in [2.05, 4.69) is 29.1 Å². The van der Waals surface area contributed by atoms with Gasteiger partial charge in [-0.05, 0) is 51.9 Å². The molecular weight excluding hydrogens is 320 g/mol. The summed E-state index contributed by atoms with van der Waals surface area (Å²) in [6.45, 7) is 7.16. The highest BCUT2D eigenvalue weighted by Crippen LogP contribution is 2.30. The third-order valence-corrected chi connectivity index (χ3v) is 5.63. The second-order valence-corrected chi connectivity index (χ2v) is 7.57. The lowest BCUT2D eigenvalue weighted by atomic mass is 9.97. The van der Waals surface area contributed by atoms with Gasteiger partial charge in [0.15, 0.2) is 0 Å². The lowest BCUT2D eigenvalue weighted by Gasteiger charge is -2.32. The second kappa shape index (κ2) is 8.10. The molecule has 3 rings (SSSR count). The molecule has 24 heavy (non-hydrogen) atoms. The van der Waals surface area contributed by atoms with Crippen molar-refractivity contribution in [3.63, 3.8) is 0 Å². The fourth-order valence-electron chi connectivity index (χ4n) is 3.10. The Morgan fingerprint density at radius 1 is 1.25 bits per heavy atom. The maximum atomic E-state index is 10.2. The molecular formula is C19H26N2O2S. The average Bonchev–Trinajstić information content (AvgIpc) is 3.01. The van der Waals surface area contributed by atoms with E-state index in [0.29, 0.717) is 19.1 Å². The Morgan fingerprint density at radius 2 is 1.96 bits per heavy atom. The first kappa shape index (κ1) is 17.4. The highest BCUT2D eigenvalue weighted by molar-refractivity contribution is 7.09. The summed E-state index contributed by atoms with van der Waals surface area (Å²) in [5.41, 5.74) is 2.34. The van der Waals surface area contributed by atoms with Crippen LogP contribution in [0, 0.1) is 13.8 Å². The molecule has 1 aliphatic heterocycles. The molecule has 1 unspecified atom stereocenters. The van der Waals surface area contributed by atoms with E-state index < -0.39 is 6.10 Å². The van der Waals surface area contributed by atoms with Gasteiger partial charge in [-0.15, -0.1) is 11.3 Å². The maximum Gasteiger partial charge on any atom is 0.119 e. The summed E-state index contributed by atoms with van der Waals surface area (Å²) >= 11 is 1.78. The number of benzene rings is 1. The van der Waals surface area contributed by atoms with E-state index in [4.69, 9.17) is 4.74 Å². The smallest absolute Gasteiger partial charge is 0.119 e. The van der Waals surface area contributed by atoms with Gasteiger partial charge in [0.1, 0.15) is 18.5 Å². The molecule has 0 spiro atoms. The van der Waals surface area contributed by atoms with Crippen molar-refractivity contribution in [2.75, 3.05) is 26.2 Å². The van der Waals surface area contributed by atoms with Gasteiger partial charge < -0.3 is 14.7 Å². The predicted octanol–water partition coefficient (Wildman–Crippen LogP) is 3.38. The molecule has 1 saturated heterocycles. The van der Waals surface area contributed by atoms with Crippen LogP contribution in [0.3, 0.4) is 0 Å². The summed E-state index contributed by atoms with van der Waals surface area (Å²) in [7, 11) is 0. The zero-order chi connectivity index (χ0) is 16.9. The number of aromatic nitrogens is 1. The predicted molar refractivity (Wildman–Crippen MR) is 97.9 cm³/mol. The molecule has 1 N–H and O–H groups in total. The van der Waals surface area contributed by atoms with Crippen molar-refractivity contribution in [1.82, 2.24) is 9.88 Å². The number of nitrogens with zero attached hydrogens (tertiary/aromatic N) is 2. The molecule has 0 aliphatic carbocycles. The molecule has 0 radical (unpaired) electrons. The van der Waals surface area contributed by atoms with Gasteiger partial charge in [0.05, 0.1) is 5.01 Å². The molecule has 1 aromatic carbocycles. The maximum absolute atomic E-state index is 10.2. The molecule has 0 saturated carbocycles. The number of thiazole rings is 1. The average molecular weight is 346 g/mol. The zero-order valence-corrected chi connectivity index (χ0v) is 15.3. The number of β-amino-alcohol motifs (C(OH)–C–C–N with tert-alkyl or cyclic N) is 1. The molecule has 0 amide bonds. The van der Waals surface area contributed by atoms with Crippen molar-refractivity contribution in [1.29, 1.82) is 0 Å². The van der Waals surface area contributed by atoms with E-state index in [1.54, 1.807) is 11.3 Å². The first-order valence-corrected chi connectivity index (χ1v) is 9.50. The lowest BCUT2D eigenvalue weighted by Crippen LogP contribution is -2.40. The van der Waals surface area contributed by atoms with E-state index in [-0.39, 0.29) is 0 Å². The van der Waals surface area contributed by atoms with Crippen LogP contribution >= 0.6 is 11.3 Å². The van der Waals surface area contributed by atoms with Gasteiger partial charge in [0.25, 0.3) is 0 Å². The summed E-state index contributed by atoms with van der Waals surface area (Å²) in [6.07, 6.45) is 1.79. The molecule has 1 aliphatic rings. The first-order valence-electron chi connectivity index (χ1n) is 8.62. The van der Waals surface area contributed by atoms with Crippen LogP contribution in [0.4, 0.5) is 0 Å². The number of aryl methyl sites for hydroxylation is 2. The van der Waals surface area contributed by atoms with Crippen LogP contribution in [0.1, 0.15) is 35.0 Å². The number of aliphatic hydroxyl groups excluding tert-OH is 1. The molecule has 2 aromatic rings. The topological polar surface area (TPSA) is 45.6 Å². The largest absolute Gasteiger partial charge is 0.491 e. The minimum atomic E-state index is -0.454. The molecule has 1 fully saturated rings. The quantitative estimate of drug-likeness (QED) is 0.871. The summed E-state index contributed by atoms with van der Waals surface area (Å²) in [6, 6.07) is 7.94. The standard InChI is InChI=1S/C19H26N2O2S/c1-14-3-5-18(6-4-14)23-12-17(22)11-21-9-7-16(8-10-21)19-20-15(2)13-24-19/h3-6,13,16-17,22H,7-12H2,1-2H3. The van der Waals surface area contributed by atoms with Gasteiger partial charge in [-0.2, -0.15) is 0 Å². The first-order chi connectivity index (χ1) is 11.6. The fourth-order valence-corrected chi connectivity index (χ4v) is 4.07. The zero-order valence-electron chi connectivity index (χ0n) is 14.4. The third kappa shape index (κ3) is 4.79. The van der Waals surface area contributed by atoms with Gasteiger partial charge in [-0.25, -0.2) is 4.98 Å². The number of aliphatic hydroxyl groups is 1. The van der Waals surface area contributed by atoms with E-state index in [1.807, 2.05) is 24.3 Å². The van der Waals surface area contributed by atoms with Crippen molar-refractivity contribution >= 4 is 11.3 Å². The van der Waals surface area contributed by atoms with Gasteiger partial charge in [-0.3, -0.25) is 0 Å². The summed E-state index contributed by atoms with van der Waals surface area (Å²) in [5.74, 6) is 1.40. The number of ether oxygens (including phenoxy) is 1.